The molecule has 0 aliphatic heterocycles. The van der Waals surface area contributed by atoms with Gasteiger partial charge in [-0.3, -0.25) is 20.4 Å². The molecule has 144 valence electrons. The van der Waals surface area contributed by atoms with E-state index < -0.39 is 34.2 Å². The molecule has 0 bridgehead atoms. The third-order valence-corrected chi connectivity index (χ3v) is 4.71. The molecule has 0 radical (unpaired) electrons. The third kappa shape index (κ3) is 6.04. The van der Waals surface area contributed by atoms with Gasteiger partial charge in [-0.1, -0.05) is 0 Å². The van der Waals surface area contributed by atoms with Crippen molar-refractivity contribution in [3.63, 3.8) is 0 Å². The number of ether oxygens (including phenoxy) is 1. The summed E-state index contributed by atoms with van der Waals surface area (Å²) in [6.07, 6.45) is 0. The Morgan fingerprint density at radius 2 is 1.63 bits per heavy atom. The molecule has 2 aromatic carbocycles. The molecular weight excluding hydrogens is 377 g/mol. The molecule has 3 N–H and O–H groups in total. The zero-order valence-electron chi connectivity index (χ0n) is 14.4. The second-order valence-corrected chi connectivity index (χ2v) is 7.01. The van der Waals surface area contributed by atoms with E-state index in [0.717, 1.165) is 12.1 Å². The second-order valence-electron chi connectivity index (χ2n) is 5.24. The number of benzene rings is 2. The predicted octanol–water partition coefficient (Wildman–Crippen LogP) is 0.964. The van der Waals surface area contributed by atoms with E-state index in [0.29, 0.717) is 12.4 Å². The van der Waals surface area contributed by atoms with E-state index in [-0.39, 0.29) is 10.5 Å². The minimum absolute atomic E-state index is 0.0332. The molecule has 0 saturated heterocycles. The van der Waals surface area contributed by atoms with Crippen LogP contribution in [0.3, 0.4) is 0 Å². The van der Waals surface area contributed by atoms with E-state index in [2.05, 4.69) is 15.6 Å². The first-order valence-electron chi connectivity index (χ1n) is 7.89. The molecular formula is C17H18FN3O5S. The van der Waals surface area contributed by atoms with Gasteiger partial charge >= 0.3 is 0 Å². The largest absolute Gasteiger partial charge is 0.494 e. The molecule has 0 aliphatic rings. The average molecular weight is 395 g/mol. The van der Waals surface area contributed by atoms with Crippen molar-refractivity contribution in [3.8, 4) is 5.75 Å². The molecule has 0 fully saturated rings. The number of carbonyl (C=O) groups is 2. The van der Waals surface area contributed by atoms with E-state index in [1.807, 2.05) is 0 Å². The zero-order chi connectivity index (χ0) is 19.9. The third-order valence-electron chi connectivity index (χ3n) is 3.29. The fourth-order valence-electron chi connectivity index (χ4n) is 1.97. The number of hydrogen-bond acceptors (Lipinski definition) is 5. The smallest absolute Gasteiger partial charge is 0.269 e. The topological polar surface area (TPSA) is 114 Å². The number of amides is 2. The van der Waals surface area contributed by atoms with Gasteiger partial charge in [-0.25, -0.2) is 17.5 Å². The summed E-state index contributed by atoms with van der Waals surface area (Å²) in [5.74, 6) is -1.42. The number of carbonyl (C=O) groups excluding carboxylic acids is 2. The Kier molecular flexibility index (Phi) is 6.85. The van der Waals surface area contributed by atoms with Crippen molar-refractivity contribution >= 4 is 21.8 Å². The maximum atomic E-state index is 12.8. The number of nitrogens with one attached hydrogen (secondary N) is 3. The van der Waals surface area contributed by atoms with Gasteiger partial charge in [-0.15, -0.1) is 0 Å². The Hall–Kier alpha value is -2.98. The average Bonchev–Trinajstić information content (AvgIpc) is 2.66. The highest BCUT2D eigenvalue weighted by Gasteiger charge is 2.16. The molecule has 10 heteroatoms. The lowest BCUT2D eigenvalue weighted by Crippen LogP contribution is -2.46. The van der Waals surface area contributed by atoms with E-state index in [1.54, 1.807) is 6.92 Å². The van der Waals surface area contributed by atoms with Crippen LogP contribution in [-0.2, 0) is 14.8 Å². The van der Waals surface area contributed by atoms with E-state index in [4.69, 9.17) is 4.74 Å². The maximum absolute atomic E-state index is 12.8. The summed E-state index contributed by atoms with van der Waals surface area (Å²) in [6, 6.07) is 10.4. The Morgan fingerprint density at radius 1 is 1.00 bits per heavy atom. The summed E-state index contributed by atoms with van der Waals surface area (Å²) >= 11 is 0. The molecule has 0 aromatic heterocycles. The van der Waals surface area contributed by atoms with Crippen LogP contribution in [0.4, 0.5) is 4.39 Å². The number of halogens is 1. The molecule has 0 spiro atoms. The zero-order valence-corrected chi connectivity index (χ0v) is 15.2. The summed E-state index contributed by atoms with van der Waals surface area (Å²) in [6.45, 7) is 1.67. The molecule has 0 unspecified atom stereocenters. The highest BCUT2D eigenvalue weighted by Crippen LogP contribution is 2.15. The van der Waals surface area contributed by atoms with Crippen LogP contribution < -0.4 is 20.3 Å². The normalized spacial score (nSPS) is 10.9. The Bertz CT molecular complexity index is 899. The van der Waals surface area contributed by atoms with Crippen molar-refractivity contribution in [2.45, 2.75) is 11.8 Å². The van der Waals surface area contributed by atoms with Gasteiger partial charge in [-0.05, 0) is 55.5 Å². The summed E-state index contributed by atoms with van der Waals surface area (Å²) < 4.78 is 44.4. The van der Waals surface area contributed by atoms with Crippen LogP contribution in [0.25, 0.3) is 0 Å². The summed E-state index contributed by atoms with van der Waals surface area (Å²) in [5, 5.41) is 0. The quantitative estimate of drug-likeness (QED) is 0.605. The van der Waals surface area contributed by atoms with Gasteiger partial charge < -0.3 is 4.74 Å². The molecule has 2 amide bonds. The molecule has 0 heterocycles. The highest BCUT2D eigenvalue weighted by molar-refractivity contribution is 7.89. The van der Waals surface area contributed by atoms with E-state index in [1.165, 1.54) is 36.4 Å². The van der Waals surface area contributed by atoms with Gasteiger partial charge in [0.2, 0.25) is 10.0 Å². The van der Waals surface area contributed by atoms with Gasteiger partial charge in [0.15, 0.2) is 0 Å². The van der Waals surface area contributed by atoms with E-state index in [9.17, 15) is 22.4 Å². The lowest BCUT2D eigenvalue weighted by Gasteiger charge is -2.09. The van der Waals surface area contributed by atoms with Gasteiger partial charge in [0.1, 0.15) is 11.6 Å². The van der Waals surface area contributed by atoms with E-state index >= 15 is 0 Å². The van der Waals surface area contributed by atoms with Gasteiger partial charge in [0, 0.05) is 5.56 Å². The van der Waals surface area contributed by atoms with Crippen LogP contribution in [-0.4, -0.2) is 33.4 Å². The first kappa shape index (κ1) is 20.3. The molecule has 2 rings (SSSR count). The Labute approximate surface area is 155 Å². The molecule has 0 aliphatic carbocycles. The number of rotatable bonds is 7. The standard InChI is InChI=1S/C17H18FN3O5S/c1-2-26-14-7-9-15(10-8-14)27(24,25)19-11-16(22)20-21-17(23)12-3-5-13(18)6-4-12/h3-10,19H,2,11H2,1H3,(H,20,22)(H,21,23). The van der Waals surface area contributed by atoms with Crippen molar-refractivity contribution in [2.75, 3.05) is 13.2 Å². The number of hydrogen-bond donors (Lipinski definition) is 3. The van der Waals surface area contributed by atoms with Gasteiger partial charge in [0.05, 0.1) is 18.0 Å². The summed E-state index contributed by atoms with van der Waals surface area (Å²) in [7, 11) is -3.90. The van der Waals surface area contributed by atoms with Crippen LogP contribution in [0.1, 0.15) is 17.3 Å². The number of hydrazine groups is 1. The van der Waals surface area contributed by atoms with Gasteiger partial charge in [0.25, 0.3) is 11.8 Å². The SMILES string of the molecule is CCOc1ccc(S(=O)(=O)NCC(=O)NNC(=O)c2ccc(F)cc2)cc1. The fourth-order valence-corrected chi connectivity index (χ4v) is 2.95. The molecule has 2 aromatic rings. The van der Waals surface area contributed by atoms with Crippen molar-refractivity contribution in [2.24, 2.45) is 0 Å². The predicted molar refractivity (Wildman–Crippen MR) is 94.8 cm³/mol. The van der Waals surface area contributed by atoms with Crippen LogP contribution in [0, 0.1) is 5.82 Å². The molecule has 8 nitrogen and oxygen atoms in total. The lowest BCUT2D eigenvalue weighted by atomic mass is 10.2. The maximum Gasteiger partial charge on any atom is 0.269 e. The molecule has 0 saturated carbocycles. The summed E-state index contributed by atoms with van der Waals surface area (Å²) in [5.41, 5.74) is 4.30. The Morgan fingerprint density at radius 3 is 2.22 bits per heavy atom. The summed E-state index contributed by atoms with van der Waals surface area (Å²) in [4.78, 5) is 23.5. The fraction of sp³-hybridized carbons (Fsp3) is 0.176. The van der Waals surface area contributed by atoms with Crippen LogP contribution in [0.15, 0.2) is 53.4 Å². The van der Waals surface area contributed by atoms with Gasteiger partial charge in [-0.2, -0.15) is 0 Å². The minimum Gasteiger partial charge on any atom is -0.494 e. The Balaban J connectivity index is 1.84. The monoisotopic (exact) mass is 395 g/mol. The van der Waals surface area contributed by atoms with Crippen LogP contribution in [0.2, 0.25) is 0 Å². The second kappa shape index (κ2) is 9.10. The van der Waals surface area contributed by atoms with Crippen molar-refractivity contribution < 1.29 is 27.1 Å². The number of sulfonamides is 1. The molecule has 27 heavy (non-hydrogen) atoms. The van der Waals surface area contributed by atoms with Crippen molar-refractivity contribution in [1.29, 1.82) is 0 Å². The first-order chi connectivity index (χ1) is 12.8. The highest BCUT2D eigenvalue weighted by atomic mass is 32.2. The minimum atomic E-state index is -3.90. The van der Waals surface area contributed by atoms with Crippen molar-refractivity contribution in [1.82, 2.24) is 15.6 Å². The first-order valence-corrected chi connectivity index (χ1v) is 9.37. The van der Waals surface area contributed by atoms with Crippen LogP contribution >= 0.6 is 0 Å². The molecule has 0 atom stereocenters. The van der Waals surface area contributed by atoms with Crippen molar-refractivity contribution in [3.05, 3.63) is 59.9 Å². The van der Waals surface area contributed by atoms with Crippen LogP contribution in [0.5, 0.6) is 5.75 Å². The lowest BCUT2D eigenvalue weighted by molar-refractivity contribution is -0.120.